The number of nitrogens with zero attached hydrogens (tertiary/aromatic N) is 2. The predicted octanol–water partition coefficient (Wildman–Crippen LogP) is 2.38. The van der Waals surface area contributed by atoms with Gasteiger partial charge in [0.15, 0.2) is 5.17 Å². The van der Waals surface area contributed by atoms with Crippen LogP contribution in [0.1, 0.15) is 5.56 Å². The average Bonchev–Trinajstić information content (AvgIpc) is 2.83. The van der Waals surface area contributed by atoms with Crippen LogP contribution in [0.5, 0.6) is 0 Å². The first-order chi connectivity index (χ1) is 7.95. The van der Waals surface area contributed by atoms with Gasteiger partial charge in [-0.3, -0.25) is 10.4 Å². The summed E-state index contributed by atoms with van der Waals surface area (Å²) in [6.07, 6.45) is 5.64. The fourth-order valence-electron chi connectivity index (χ4n) is 1.26. The Kier molecular flexibility index (Phi) is 4.19. The molecule has 1 N–H and O–H groups in total. The van der Waals surface area contributed by atoms with E-state index in [4.69, 9.17) is 0 Å². The number of thioether (sulfide) groups is 1. The lowest BCUT2D eigenvalue weighted by atomic mass is 10.2. The molecule has 3 nitrogen and oxygen atoms in total. The summed E-state index contributed by atoms with van der Waals surface area (Å²) in [6, 6.07) is 10.1. The second-order valence-corrected chi connectivity index (χ2v) is 4.28. The molecule has 0 spiro atoms. The zero-order valence-corrected chi connectivity index (χ0v) is 9.65. The first-order valence-electron chi connectivity index (χ1n) is 5.13. The number of rotatable bonds is 3. The van der Waals surface area contributed by atoms with Crippen LogP contribution in [0.2, 0.25) is 0 Å². The highest BCUT2D eigenvalue weighted by atomic mass is 32.2. The number of allylic oxidation sites excluding steroid dienone is 1. The molecule has 1 aliphatic rings. The molecule has 0 aromatic heterocycles. The molecule has 0 bridgehead atoms. The smallest absolute Gasteiger partial charge is 0.177 e. The molecule has 0 atom stereocenters. The highest BCUT2D eigenvalue weighted by Crippen LogP contribution is 2.08. The van der Waals surface area contributed by atoms with Crippen LogP contribution in [-0.4, -0.2) is 23.7 Å². The first kappa shape index (κ1) is 11.0. The maximum atomic E-state index is 4.22. The van der Waals surface area contributed by atoms with E-state index in [2.05, 4.69) is 27.7 Å². The van der Waals surface area contributed by atoms with Crippen molar-refractivity contribution in [2.24, 2.45) is 10.1 Å². The average molecular weight is 231 g/mol. The molecule has 0 amide bonds. The molecule has 16 heavy (non-hydrogen) atoms. The third-order valence-corrected chi connectivity index (χ3v) is 2.88. The van der Waals surface area contributed by atoms with E-state index in [1.807, 2.05) is 30.4 Å². The van der Waals surface area contributed by atoms with Crippen molar-refractivity contribution in [3.05, 3.63) is 42.0 Å². The van der Waals surface area contributed by atoms with Gasteiger partial charge in [-0.25, -0.2) is 0 Å². The molecule has 82 valence electrons. The van der Waals surface area contributed by atoms with E-state index in [1.165, 1.54) is 5.56 Å². The van der Waals surface area contributed by atoms with Crippen LogP contribution < -0.4 is 5.43 Å². The number of amidine groups is 1. The van der Waals surface area contributed by atoms with Gasteiger partial charge < -0.3 is 0 Å². The van der Waals surface area contributed by atoms with E-state index in [0.29, 0.717) is 0 Å². The van der Waals surface area contributed by atoms with Gasteiger partial charge in [-0.2, -0.15) is 5.10 Å². The highest BCUT2D eigenvalue weighted by Gasteiger charge is 2.03. The lowest BCUT2D eigenvalue weighted by molar-refractivity contribution is 1.04. The van der Waals surface area contributed by atoms with Gasteiger partial charge in [0.1, 0.15) is 0 Å². The lowest BCUT2D eigenvalue weighted by Crippen LogP contribution is -2.10. The number of hydrazone groups is 1. The minimum atomic E-state index is 0.891. The molecule has 0 aliphatic carbocycles. The van der Waals surface area contributed by atoms with E-state index >= 15 is 0 Å². The van der Waals surface area contributed by atoms with Crippen molar-refractivity contribution >= 4 is 29.2 Å². The molecule has 0 unspecified atom stereocenters. The van der Waals surface area contributed by atoms with Gasteiger partial charge in [-0.1, -0.05) is 48.2 Å². The van der Waals surface area contributed by atoms with Gasteiger partial charge in [-0.15, -0.1) is 0 Å². The summed E-state index contributed by atoms with van der Waals surface area (Å²) < 4.78 is 0. The van der Waals surface area contributed by atoms with Crippen molar-refractivity contribution in [1.29, 1.82) is 0 Å². The molecule has 0 saturated carbocycles. The van der Waals surface area contributed by atoms with Crippen molar-refractivity contribution in [3.8, 4) is 0 Å². The van der Waals surface area contributed by atoms with Crippen LogP contribution in [0.3, 0.4) is 0 Å². The Hall–Kier alpha value is -1.55. The number of benzene rings is 1. The Morgan fingerprint density at radius 2 is 2.19 bits per heavy atom. The zero-order chi connectivity index (χ0) is 11.1. The molecule has 1 heterocycles. The second kappa shape index (κ2) is 6.12. The lowest BCUT2D eigenvalue weighted by Gasteiger charge is -1.94. The molecule has 0 fully saturated rings. The Labute approximate surface area is 99.4 Å². The number of aliphatic imine (C=N–C) groups is 1. The van der Waals surface area contributed by atoms with Gasteiger partial charge in [-0.05, 0) is 11.6 Å². The summed E-state index contributed by atoms with van der Waals surface area (Å²) in [6.45, 7) is 0.891. The summed E-state index contributed by atoms with van der Waals surface area (Å²) in [5.74, 6) is 1.05. The number of nitrogens with one attached hydrogen (secondary N) is 1. The van der Waals surface area contributed by atoms with E-state index in [1.54, 1.807) is 18.0 Å². The Morgan fingerprint density at radius 3 is 2.94 bits per heavy atom. The minimum Gasteiger partial charge on any atom is -0.260 e. The molecule has 4 heteroatoms. The van der Waals surface area contributed by atoms with Crippen molar-refractivity contribution in [2.75, 3.05) is 12.3 Å². The van der Waals surface area contributed by atoms with E-state index < -0.39 is 0 Å². The molecule has 2 rings (SSSR count). The molecular formula is C12H13N3S. The third-order valence-electron chi connectivity index (χ3n) is 1.99. The van der Waals surface area contributed by atoms with Crippen molar-refractivity contribution < 1.29 is 0 Å². The van der Waals surface area contributed by atoms with Crippen LogP contribution in [0.4, 0.5) is 0 Å². The van der Waals surface area contributed by atoms with Gasteiger partial charge in [0.05, 0.1) is 6.54 Å². The Balaban J connectivity index is 1.78. The SMILES string of the molecule is C(=C\c1ccccc1)/C=N/NC1=NCCS1. The highest BCUT2D eigenvalue weighted by molar-refractivity contribution is 8.14. The van der Waals surface area contributed by atoms with Crippen LogP contribution in [0, 0.1) is 0 Å². The van der Waals surface area contributed by atoms with E-state index in [0.717, 1.165) is 17.5 Å². The monoisotopic (exact) mass is 231 g/mol. The summed E-state index contributed by atoms with van der Waals surface area (Å²) in [5.41, 5.74) is 4.07. The Bertz CT molecular complexity index is 410. The summed E-state index contributed by atoms with van der Waals surface area (Å²) in [4.78, 5) is 4.22. The van der Waals surface area contributed by atoms with Gasteiger partial charge in [0.2, 0.25) is 0 Å². The Morgan fingerprint density at radius 1 is 1.31 bits per heavy atom. The third kappa shape index (κ3) is 3.55. The van der Waals surface area contributed by atoms with Crippen LogP contribution >= 0.6 is 11.8 Å². The molecule has 0 radical (unpaired) electrons. The zero-order valence-electron chi connectivity index (χ0n) is 8.84. The van der Waals surface area contributed by atoms with Gasteiger partial charge >= 0.3 is 0 Å². The molecule has 0 saturated heterocycles. The van der Waals surface area contributed by atoms with Crippen molar-refractivity contribution in [1.82, 2.24) is 5.43 Å². The number of hydrogen-bond acceptors (Lipinski definition) is 4. The minimum absolute atomic E-state index is 0.891. The van der Waals surface area contributed by atoms with Crippen molar-refractivity contribution in [2.45, 2.75) is 0 Å². The molecule has 1 aromatic carbocycles. The summed E-state index contributed by atoms with van der Waals surface area (Å²) in [7, 11) is 0. The van der Waals surface area contributed by atoms with Crippen molar-refractivity contribution in [3.63, 3.8) is 0 Å². The normalized spacial score (nSPS) is 15.9. The largest absolute Gasteiger partial charge is 0.260 e. The maximum Gasteiger partial charge on any atom is 0.177 e. The summed E-state index contributed by atoms with van der Waals surface area (Å²) >= 11 is 1.70. The second-order valence-electron chi connectivity index (χ2n) is 3.20. The predicted molar refractivity (Wildman–Crippen MR) is 71.9 cm³/mol. The van der Waals surface area contributed by atoms with Crippen LogP contribution in [0.25, 0.3) is 6.08 Å². The van der Waals surface area contributed by atoms with Gasteiger partial charge in [0.25, 0.3) is 0 Å². The van der Waals surface area contributed by atoms with E-state index in [9.17, 15) is 0 Å². The molecule has 1 aliphatic heterocycles. The van der Waals surface area contributed by atoms with E-state index in [-0.39, 0.29) is 0 Å². The molecule has 1 aromatic rings. The van der Waals surface area contributed by atoms with Crippen LogP contribution in [-0.2, 0) is 0 Å². The van der Waals surface area contributed by atoms with Gasteiger partial charge in [0, 0.05) is 12.0 Å². The fraction of sp³-hybridized carbons (Fsp3) is 0.167. The topological polar surface area (TPSA) is 36.8 Å². The first-order valence-corrected chi connectivity index (χ1v) is 6.12. The summed E-state index contributed by atoms with van der Waals surface area (Å²) in [5, 5.41) is 4.96. The quantitative estimate of drug-likeness (QED) is 0.640. The van der Waals surface area contributed by atoms with Crippen LogP contribution in [0.15, 0.2) is 46.5 Å². The molecular weight excluding hydrogens is 218 g/mol. The maximum absolute atomic E-state index is 4.22. The standard InChI is InChI=1S/C12H13N3S/c1-2-5-11(6-3-1)7-4-8-14-15-12-13-9-10-16-12/h1-8H,9-10H2,(H,13,15)/b7-4+,14-8+. The fourth-order valence-corrected chi connectivity index (χ4v) is 1.93. The number of hydrogen-bond donors (Lipinski definition) is 1.